The molecule has 94 valence electrons. The first-order valence-corrected chi connectivity index (χ1v) is 6.43. The minimum absolute atomic E-state index is 0.260. The van der Waals surface area contributed by atoms with Crippen LogP contribution in [0.15, 0.2) is 42.5 Å². The van der Waals surface area contributed by atoms with E-state index in [-0.39, 0.29) is 5.82 Å². The molecule has 0 bridgehead atoms. The summed E-state index contributed by atoms with van der Waals surface area (Å²) in [5, 5.41) is 3.67. The van der Waals surface area contributed by atoms with E-state index in [9.17, 15) is 4.39 Å². The summed E-state index contributed by atoms with van der Waals surface area (Å²) in [4.78, 5) is 0. The summed E-state index contributed by atoms with van der Waals surface area (Å²) in [5.74, 6) is 0.229. The molecular formula is C14H12Cl2FN. The zero-order valence-corrected chi connectivity index (χ0v) is 11.1. The van der Waals surface area contributed by atoms with Gasteiger partial charge < -0.3 is 5.32 Å². The third kappa shape index (κ3) is 3.37. The number of halogens is 3. The standard InChI is InChI=1S/C14H12Cl2FN/c15-8-10-1-4-13(5-2-10)18-9-11-7-12(16)3-6-14(11)17/h1-7,18H,8-9H2. The lowest BCUT2D eigenvalue weighted by molar-refractivity contribution is 0.613. The summed E-state index contributed by atoms with van der Waals surface area (Å²) >= 11 is 11.5. The molecule has 1 N–H and O–H groups in total. The quantitative estimate of drug-likeness (QED) is 0.793. The van der Waals surface area contributed by atoms with Gasteiger partial charge in [-0.1, -0.05) is 23.7 Å². The minimum atomic E-state index is -0.260. The summed E-state index contributed by atoms with van der Waals surface area (Å²) in [6, 6.07) is 12.2. The molecular weight excluding hydrogens is 272 g/mol. The lowest BCUT2D eigenvalue weighted by Gasteiger charge is -2.08. The number of nitrogens with one attached hydrogen (secondary N) is 1. The van der Waals surface area contributed by atoms with E-state index < -0.39 is 0 Å². The molecule has 18 heavy (non-hydrogen) atoms. The molecule has 0 unspecified atom stereocenters. The van der Waals surface area contributed by atoms with Crippen LogP contribution in [-0.4, -0.2) is 0 Å². The average Bonchev–Trinajstić information content (AvgIpc) is 2.40. The van der Waals surface area contributed by atoms with Crippen molar-refractivity contribution >= 4 is 28.9 Å². The predicted molar refractivity (Wildman–Crippen MR) is 74.7 cm³/mol. The van der Waals surface area contributed by atoms with E-state index in [1.165, 1.54) is 12.1 Å². The zero-order valence-electron chi connectivity index (χ0n) is 9.59. The molecule has 0 saturated heterocycles. The van der Waals surface area contributed by atoms with Crippen LogP contribution in [0.5, 0.6) is 0 Å². The molecule has 2 rings (SSSR count). The molecule has 0 saturated carbocycles. The fourth-order valence-electron chi connectivity index (χ4n) is 1.59. The molecule has 2 aromatic carbocycles. The van der Waals surface area contributed by atoms with Gasteiger partial charge in [0.2, 0.25) is 0 Å². The first kappa shape index (κ1) is 13.2. The van der Waals surface area contributed by atoms with Gasteiger partial charge in [-0.05, 0) is 35.9 Å². The predicted octanol–water partition coefficient (Wildman–Crippen LogP) is 4.83. The van der Waals surface area contributed by atoms with Crippen molar-refractivity contribution in [3.63, 3.8) is 0 Å². The van der Waals surface area contributed by atoms with Gasteiger partial charge in [-0.2, -0.15) is 0 Å². The van der Waals surface area contributed by atoms with Gasteiger partial charge in [0, 0.05) is 28.7 Å². The first-order chi connectivity index (χ1) is 8.69. The Morgan fingerprint density at radius 2 is 1.78 bits per heavy atom. The maximum Gasteiger partial charge on any atom is 0.128 e. The highest BCUT2D eigenvalue weighted by molar-refractivity contribution is 6.30. The third-order valence-electron chi connectivity index (χ3n) is 2.60. The lowest BCUT2D eigenvalue weighted by Crippen LogP contribution is -2.01. The van der Waals surface area contributed by atoms with Crippen LogP contribution in [0.4, 0.5) is 10.1 Å². The van der Waals surface area contributed by atoms with Crippen molar-refractivity contribution in [1.82, 2.24) is 0 Å². The number of anilines is 1. The highest BCUT2D eigenvalue weighted by atomic mass is 35.5. The molecule has 0 radical (unpaired) electrons. The monoisotopic (exact) mass is 283 g/mol. The largest absolute Gasteiger partial charge is 0.381 e. The molecule has 4 heteroatoms. The lowest BCUT2D eigenvalue weighted by atomic mass is 10.2. The summed E-state index contributed by atoms with van der Waals surface area (Å²) in [6.07, 6.45) is 0. The van der Waals surface area contributed by atoms with Crippen molar-refractivity contribution < 1.29 is 4.39 Å². The molecule has 0 aromatic heterocycles. The van der Waals surface area contributed by atoms with Crippen molar-refractivity contribution in [2.24, 2.45) is 0 Å². The highest BCUT2D eigenvalue weighted by Gasteiger charge is 2.02. The number of hydrogen-bond acceptors (Lipinski definition) is 1. The van der Waals surface area contributed by atoms with E-state index in [0.717, 1.165) is 11.3 Å². The Kier molecular flexibility index (Phi) is 4.45. The van der Waals surface area contributed by atoms with Crippen molar-refractivity contribution in [1.29, 1.82) is 0 Å². The van der Waals surface area contributed by atoms with Crippen LogP contribution in [0.3, 0.4) is 0 Å². The normalized spacial score (nSPS) is 10.4. The third-order valence-corrected chi connectivity index (χ3v) is 3.14. The number of alkyl halides is 1. The van der Waals surface area contributed by atoms with Gasteiger partial charge in [-0.3, -0.25) is 0 Å². The first-order valence-electron chi connectivity index (χ1n) is 5.52. The van der Waals surface area contributed by atoms with Gasteiger partial charge in [0.05, 0.1) is 0 Å². The Morgan fingerprint density at radius 1 is 1.06 bits per heavy atom. The number of benzene rings is 2. The Labute approximate surface area is 116 Å². The van der Waals surface area contributed by atoms with Crippen LogP contribution < -0.4 is 5.32 Å². The molecule has 0 fully saturated rings. The van der Waals surface area contributed by atoms with Crippen molar-refractivity contribution in [3.8, 4) is 0 Å². The Hall–Kier alpha value is -1.25. The highest BCUT2D eigenvalue weighted by Crippen LogP contribution is 2.17. The van der Waals surface area contributed by atoms with Gasteiger partial charge in [0.15, 0.2) is 0 Å². The van der Waals surface area contributed by atoms with Gasteiger partial charge in [-0.15, -0.1) is 11.6 Å². The molecule has 0 spiro atoms. The van der Waals surface area contributed by atoms with Crippen molar-refractivity contribution in [3.05, 3.63) is 64.4 Å². The smallest absolute Gasteiger partial charge is 0.128 e. The average molecular weight is 284 g/mol. The van der Waals surface area contributed by atoms with Crippen LogP contribution in [0.2, 0.25) is 5.02 Å². The molecule has 0 aliphatic carbocycles. The second-order valence-corrected chi connectivity index (χ2v) is 4.62. The van der Waals surface area contributed by atoms with Gasteiger partial charge in [0.1, 0.15) is 5.82 Å². The molecule has 0 aliphatic heterocycles. The zero-order chi connectivity index (χ0) is 13.0. The van der Waals surface area contributed by atoms with Gasteiger partial charge in [-0.25, -0.2) is 4.39 Å². The molecule has 0 heterocycles. The second-order valence-electron chi connectivity index (χ2n) is 3.92. The van der Waals surface area contributed by atoms with Crippen LogP contribution in [0, 0.1) is 5.82 Å². The molecule has 0 aliphatic rings. The van der Waals surface area contributed by atoms with Crippen molar-refractivity contribution in [2.75, 3.05) is 5.32 Å². The van der Waals surface area contributed by atoms with Gasteiger partial charge in [0.25, 0.3) is 0 Å². The SMILES string of the molecule is Fc1ccc(Cl)cc1CNc1ccc(CCl)cc1. The van der Waals surface area contributed by atoms with Crippen molar-refractivity contribution in [2.45, 2.75) is 12.4 Å². The fraction of sp³-hybridized carbons (Fsp3) is 0.143. The summed E-state index contributed by atoms with van der Waals surface area (Å²) < 4.78 is 13.5. The van der Waals surface area contributed by atoms with E-state index in [2.05, 4.69) is 5.32 Å². The Morgan fingerprint density at radius 3 is 2.44 bits per heavy atom. The van der Waals surface area contributed by atoms with Crippen LogP contribution >= 0.6 is 23.2 Å². The second kappa shape index (κ2) is 6.07. The maximum absolute atomic E-state index is 13.5. The van der Waals surface area contributed by atoms with E-state index in [4.69, 9.17) is 23.2 Å². The van der Waals surface area contributed by atoms with Crippen LogP contribution in [-0.2, 0) is 12.4 Å². The minimum Gasteiger partial charge on any atom is -0.381 e. The van der Waals surface area contributed by atoms with E-state index in [1.54, 1.807) is 6.07 Å². The Bertz CT molecular complexity index is 526. The molecule has 0 amide bonds. The summed E-state index contributed by atoms with van der Waals surface area (Å²) in [6.45, 7) is 0.395. The number of hydrogen-bond donors (Lipinski definition) is 1. The fourth-order valence-corrected chi connectivity index (χ4v) is 1.96. The van der Waals surface area contributed by atoms with E-state index >= 15 is 0 Å². The van der Waals surface area contributed by atoms with E-state index in [1.807, 2.05) is 24.3 Å². The number of rotatable bonds is 4. The van der Waals surface area contributed by atoms with E-state index in [0.29, 0.717) is 23.0 Å². The molecule has 2 aromatic rings. The topological polar surface area (TPSA) is 12.0 Å². The molecule has 1 nitrogen and oxygen atoms in total. The van der Waals surface area contributed by atoms with Crippen LogP contribution in [0.25, 0.3) is 0 Å². The Balaban J connectivity index is 2.04. The van der Waals surface area contributed by atoms with Gasteiger partial charge >= 0.3 is 0 Å². The maximum atomic E-state index is 13.5. The van der Waals surface area contributed by atoms with Crippen LogP contribution in [0.1, 0.15) is 11.1 Å². The molecule has 0 atom stereocenters. The summed E-state index contributed by atoms with van der Waals surface area (Å²) in [7, 11) is 0. The summed E-state index contributed by atoms with van der Waals surface area (Å²) in [5.41, 5.74) is 2.52.